The molecule has 8 fully saturated rings. The molecular formula is C36H47N3O2. The molecule has 0 saturated heterocycles. The smallest absolute Gasteiger partial charge is 0.250 e. The van der Waals surface area contributed by atoms with Crippen LogP contribution in [0.5, 0.6) is 0 Å². The molecule has 218 valence electrons. The van der Waals surface area contributed by atoms with Crippen LogP contribution in [0, 0.1) is 42.4 Å². The van der Waals surface area contributed by atoms with Crippen LogP contribution in [0.2, 0.25) is 0 Å². The van der Waals surface area contributed by atoms with E-state index in [2.05, 4.69) is 47.1 Å². The number of aryl methyl sites for hydroxylation is 1. The molecule has 5 nitrogen and oxygen atoms in total. The van der Waals surface area contributed by atoms with Gasteiger partial charge in [0.25, 0.3) is 0 Å². The standard InChI is InChI=1S/C36H47N3O2/c1-20-4-6-29(7-5-20)32-30(33(40)38-35-14-23-8-24(15-35)10-25(9-23)16-35)21(2)37-22(3)31(32)34(41)39-36-17-26-11-27(18-36)13-28(12-26)19-36/h4-7,23-28,32,37H,8-19H2,1-3H3,(H,38,40)(H,39,41). The summed E-state index contributed by atoms with van der Waals surface area (Å²) >= 11 is 0. The normalized spacial score (nSPS) is 42.0. The van der Waals surface area contributed by atoms with E-state index in [1.807, 2.05) is 13.8 Å². The van der Waals surface area contributed by atoms with Crippen molar-refractivity contribution in [2.75, 3.05) is 0 Å². The van der Waals surface area contributed by atoms with E-state index in [1.165, 1.54) is 44.1 Å². The molecule has 0 aromatic heterocycles. The Morgan fingerprint density at radius 3 is 1.29 bits per heavy atom. The molecule has 3 N–H and O–H groups in total. The fourth-order valence-corrected chi connectivity index (χ4v) is 11.8. The maximum atomic E-state index is 14.5. The highest BCUT2D eigenvalue weighted by molar-refractivity contribution is 6.04. The van der Waals surface area contributed by atoms with Crippen LogP contribution in [0.15, 0.2) is 46.8 Å². The van der Waals surface area contributed by atoms with Crippen molar-refractivity contribution in [3.8, 4) is 0 Å². The molecule has 41 heavy (non-hydrogen) atoms. The summed E-state index contributed by atoms with van der Waals surface area (Å²) in [7, 11) is 0. The summed E-state index contributed by atoms with van der Waals surface area (Å²) in [5, 5.41) is 10.8. The van der Waals surface area contributed by atoms with Crippen molar-refractivity contribution in [2.24, 2.45) is 35.5 Å². The molecule has 0 unspecified atom stereocenters. The van der Waals surface area contributed by atoms with Crippen molar-refractivity contribution in [1.82, 2.24) is 16.0 Å². The zero-order chi connectivity index (χ0) is 28.1. The Kier molecular flexibility index (Phi) is 5.87. The van der Waals surface area contributed by atoms with Gasteiger partial charge in [-0.3, -0.25) is 9.59 Å². The van der Waals surface area contributed by atoms with Gasteiger partial charge in [-0.15, -0.1) is 0 Å². The average molecular weight is 554 g/mol. The largest absolute Gasteiger partial charge is 0.362 e. The lowest BCUT2D eigenvalue weighted by Crippen LogP contribution is -2.61. The molecule has 0 atom stereocenters. The first-order valence-electron chi connectivity index (χ1n) is 16.6. The lowest BCUT2D eigenvalue weighted by atomic mass is 9.53. The number of benzene rings is 1. The average Bonchev–Trinajstić information content (AvgIpc) is 2.86. The number of carbonyl (C=O) groups is 2. The third-order valence-corrected chi connectivity index (χ3v) is 12.5. The van der Waals surface area contributed by atoms with Crippen molar-refractivity contribution in [1.29, 1.82) is 0 Å². The molecule has 8 saturated carbocycles. The first-order valence-corrected chi connectivity index (χ1v) is 16.6. The van der Waals surface area contributed by atoms with Gasteiger partial charge in [0.1, 0.15) is 0 Å². The minimum Gasteiger partial charge on any atom is -0.362 e. The van der Waals surface area contributed by atoms with Crippen molar-refractivity contribution >= 4 is 11.8 Å². The molecule has 1 aromatic rings. The van der Waals surface area contributed by atoms with Gasteiger partial charge in [-0.2, -0.15) is 0 Å². The Morgan fingerprint density at radius 1 is 0.610 bits per heavy atom. The van der Waals surface area contributed by atoms with Gasteiger partial charge < -0.3 is 16.0 Å². The fraction of sp³-hybridized carbons (Fsp3) is 0.667. The fourth-order valence-electron chi connectivity index (χ4n) is 11.8. The molecular weight excluding hydrogens is 506 g/mol. The number of amides is 2. The van der Waals surface area contributed by atoms with Crippen LogP contribution < -0.4 is 16.0 Å². The van der Waals surface area contributed by atoms with Gasteiger partial charge in [-0.25, -0.2) is 0 Å². The predicted octanol–water partition coefficient (Wildman–Crippen LogP) is 6.40. The second kappa shape index (κ2) is 9.22. The second-order valence-corrected chi connectivity index (χ2v) is 15.9. The van der Waals surface area contributed by atoms with Crippen LogP contribution in [-0.4, -0.2) is 22.9 Å². The summed E-state index contributed by atoms with van der Waals surface area (Å²) in [6, 6.07) is 8.49. The Hall–Kier alpha value is -2.56. The maximum Gasteiger partial charge on any atom is 0.250 e. The van der Waals surface area contributed by atoms with Crippen LogP contribution in [0.4, 0.5) is 0 Å². The molecule has 1 aromatic carbocycles. The van der Waals surface area contributed by atoms with Crippen LogP contribution in [-0.2, 0) is 9.59 Å². The second-order valence-electron chi connectivity index (χ2n) is 15.9. The van der Waals surface area contributed by atoms with Crippen molar-refractivity contribution in [2.45, 2.75) is 115 Å². The molecule has 1 aliphatic heterocycles. The molecule has 0 spiro atoms. The van der Waals surface area contributed by atoms with Crippen LogP contribution in [0.1, 0.15) is 108 Å². The van der Waals surface area contributed by atoms with Crippen molar-refractivity contribution in [3.63, 3.8) is 0 Å². The number of hydrogen-bond donors (Lipinski definition) is 3. The van der Waals surface area contributed by atoms with Gasteiger partial charge in [0.2, 0.25) is 11.8 Å². The van der Waals surface area contributed by atoms with Gasteiger partial charge in [-0.05, 0) is 139 Å². The Balaban J connectivity index is 1.13. The van der Waals surface area contributed by atoms with E-state index < -0.39 is 0 Å². The van der Waals surface area contributed by atoms with Crippen LogP contribution >= 0.6 is 0 Å². The zero-order valence-corrected chi connectivity index (χ0v) is 25.2. The molecule has 10 rings (SSSR count). The van der Waals surface area contributed by atoms with Gasteiger partial charge in [0, 0.05) is 39.5 Å². The molecule has 5 heteroatoms. The van der Waals surface area contributed by atoms with E-state index in [-0.39, 0.29) is 28.8 Å². The van der Waals surface area contributed by atoms with E-state index in [4.69, 9.17) is 0 Å². The van der Waals surface area contributed by atoms with Crippen molar-refractivity contribution < 1.29 is 9.59 Å². The van der Waals surface area contributed by atoms with E-state index >= 15 is 0 Å². The highest BCUT2D eigenvalue weighted by Crippen LogP contribution is 2.57. The van der Waals surface area contributed by atoms with E-state index in [0.29, 0.717) is 0 Å². The molecule has 8 bridgehead atoms. The number of dihydropyridines is 1. The number of carbonyl (C=O) groups excluding carboxylic acids is 2. The summed E-state index contributed by atoms with van der Waals surface area (Å²) in [6.07, 6.45) is 14.8. The molecule has 9 aliphatic rings. The van der Waals surface area contributed by atoms with Crippen molar-refractivity contribution in [3.05, 3.63) is 57.9 Å². The molecule has 2 amide bonds. The number of rotatable bonds is 5. The number of hydrogen-bond acceptors (Lipinski definition) is 3. The quantitative estimate of drug-likeness (QED) is 0.395. The van der Waals surface area contributed by atoms with Crippen LogP contribution in [0.25, 0.3) is 0 Å². The third-order valence-electron chi connectivity index (χ3n) is 12.5. The molecule has 1 heterocycles. The molecule has 8 aliphatic carbocycles. The van der Waals surface area contributed by atoms with E-state index in [0.717, 1.165) is 102 Å². The first-order chi connectivity index (χ1) is 19.7. The summed E-state index contributed by atoms with van der Waals surface area (Å²) in [4.78, 5) is 28.9. The highest BCUT2D eigenvalue weighted by atomic mass is 16.2. The van der Waals surface area contributed by atoms with E-state index in [1.54, 1.807) is 0 Å². The zero-order valence-electron chi connectivity index (χ0n) is 25.2. The Labute approximate surface area is 245 Å². The summed E-state index contributed by atoms with van der Waals surface area (Å²) in [5.74, 6) is 4.24. The first kappa shape index (κ1) is 26.1. The number of nitrogens with one attached hydrogen (secondary N) is 3. The van der Waals surface area contributed by atoms with Crippen LogP contribution in [0.3, 0.4) is 0 Å². The lowest BCUT2D eigenvalue weighted by molar-refractivity contribution is -0.123. The van der Waals surface area contributed by atoms with E-state index in [9.17, 15) is 9.59 Å². The minimum atomic E-state index is -0.375. The highest BCUT2D eigenvalue weighted by Gasteiger charge is 2.54. The predicted molar refractivity (Wildman–Crippen MR) is 161 cm³/mol. The third kappa shape index (κ3) is 4.39. The van der Waals surface area contributed by atoms with Gasteiger partial charge in [0.05, 0.1) is 0 Å². The van der Waals surface area contributed by atoms with Gasteiger partial charge in [-0.1, -0.05) is 29.8 Å². The minimum absolute atomic E-state index is 0.0233. The molecule has 0 radical (unpaired) electrons. The maximum absolute atomic E-state index is 14.5. The Bertz CT molecular complexity index is 1200. The lowest BCUT2D eigenvalue weighted by Gasteiger charge is -2.57. The SMILES string of the molecule is CC1=C(C(=O)NC23CC4CC(CC(C4)C2)C3)C(c2ccc(C)cc2)C(C(=O)NC23CC4CC(CC(C4)C2)C3)=C(C)N1. The summed E-state index contributed by atoms with van der Waals surface area (Å²) in [6.45, 7) is 6.13. The van der Waals surface area contributed by atoms with Gasteiger partial charge >= 0.3 is 0 Å². The Morgan fingerprint density at radius 2 is 0.951 bits per heavy atom. The topological polar surface area (TPSA) is 70.2 Å². The summed E-state index contributed by atoms with van der Waals surface area (Å²) in [5.41, 5.74) is 5.27. The monoisotopic (exact) mass is 553 g/mol. The summed E-state index contributed by atoms with van der Waals surface area (Å²) < 4.78 is 0. The van der Waals surface area contributed by atoms with Gasteiger partial charge in [0.15, 0.2) is 0 Å². The number of allylic oxidation sites excluding steroid dienone is 2.